The lowest BCUT2D eigenvalue weighted by Gasteiger charge is -2.03. The Morgan fingerprint density at radius 2 is 1.71 bits per heavy atom. The van der Waals surface area contributed by atoms with E-state index in [1.165, 1.54) is 16.3 Å². The molecule has 0 N–H and O–H groups in total. The van der Waals surface area contributed by atoms with Crippen molar-refractivity contribution in [3.05, 3.63) is 78.2 Å². The third-order valence-corrected chi connectivity index (χ3v) is 4.04. The number of nitrogens with zero attached hydrogens (tertiary/aromatic N) is 2. The molecule has 1 aromatic heterocycles. The number of rotatable bonds is 4. The minimum absolute atomic E-state index is 0.591. The molecule has 0 atom stereocenters. The molecule has 3 aromatic carbocycles. The first-order valence-electron chi connectivity index (χ1n) is 7.77. The summed E-state index contributed by atoms with van der Waals surface area (Å²) >= 11 is 0. The molecule has 0 radical (unpaired) electrons. The maximum Gasteiger partial charge on any atom is 0.231 e. The molecule has 4 rings (SSSR count). The van der Waals surface area contributed by atoms with Gasteiger partial charge in [0.05, 0.1) is 13.5 Å². The van der Waals surface area contributed by atoms with E-state index in [-0.39, 0.29) is 0 Å². The molecule has 0 aliphatic carbocycles. The van der Waals surface area contributed by atoms with Crippen LogP contribution >= 0.6 is 0 Å². The molecule has 118 valence electrons. The molecule has 4 heteroatoms. The molecule has 24 heavy (non-hydrogen) atoms. The van der Waals surface area contributed by atoms with Gasteiger partial charge in [0, 0.05) is 5.56 Å². The molecule has 0 amide bonds. The van der Waals surface area contributed by atoms with E-state index in [1.54, 1.807) is 7.11 Å². The first-order valence-corrected chi connectivity index (χ1v) is 7.77. The molecule has 4 nitrogen and oxygen atoms in total. The van der Waals surface area contributed by atoms with E-state index >= 15 is 0 Å². The number of benzene rings is 3. The number of aromatic nitrogens is 2. The zero-order valence-electron chi connectivity index (χ0n) is 13.3. The van der Waals surface area contributed by atoms with Gasteiger partial charge >= 0.3 is 0 Å². The van der Waals surface area contributed by atoms with Crippen molar-refractivity contribution in [2.45, 2.75) is 6.42 Å². The van der Waals surface area contributed by atoms with Crippen LogP contribution in [0.2, 0.25) is 0 Å². The van der Waals surface area contributed by atoms with E-state index in [4.69, 9.17) is 9.26 Å². The third-order valence-electron chi connectivity index (χ3n) is 4.04. The Morgan fingerprint density at radius 3 is 2.54 bits per heavy atom. The fraction of sp³-hybridized carbons (Fsp3) is 0.100. The maximum atomic E-state index is 5.44. The van der Waals surface area contributed by atoms with Crippen LogP contribution in [-0.2, 0) is 6.42 Å². The summed E-state index contributed by atoms with van der Waals surface area (Å²) in [6.45, 7) is 0. The van der Waals surface area contributed by atoms with E-state index in [2.05, 4.69) is 40.5 Å². The van der Waals surface area contributed by atoms with Gasteiger partial charge in [0.15, 0.2) is 0 Å². The van der Waals surface area contributed by atoms with E-state index in [9.17, 15) is 0 Å². The Bertz CT molecular complexity index is 969. The summed E-state index contributed by atoms with van der Waals surface area (Å²) in [5.74, 6) is 2.00. The van der Waals surface area contributed by atoms with Crippen LogP contribution in [0.15, 0.2) is 71.3 Å². The first-order chi connectivity index (χ1) is 11.8. The molecule has 0 aliphatic heterocycles. The fourth-order valence-corrected chi connectivity index (χ4v) is 2.79. The summed E-state index contributed by atoms with van der Waals surface area (Å²) in [4.78, 5) is 4.52. The topological polar surface area (TPSA) is 48.2 Å². The molecule has 4 aromatic rings. The second-order valence-electron chi connectivity index (χ2n) is 5.56. The van der Waals surface area contributed by atoms with Crippen LogP contribution in [-0.4, -0.2) is 17.3 Å². The summed E-state index contributed by atoms with van der Waals surface area (Å²) in [5.41, 5.74) is 2.08. The van der Waals surface area contributed by atoms with Gasteiger partial charge in [0.2, 0.25) is 11.7 Å². The van der Waals surface area contributed by atoms with Crippen LogP contribution in [0, 0.1) is 0 Å². The summed E-state index contributed by atoms with van der Waals surface area (Å²) in [6, 6.07) is 22.2. The zero-order chi connectivity index (χ0) is 16.4. The molecule has 0 unspecified atom stereocenters. The molecule has 1 heterocycles. The summed E-state index contributed by atoms with van der Waals surface area (Å²) in [7, 11) is 1.64. The Balaban J connectivity index is 1.62. The molecule has 0 fully saturated rings. The smallest absolute Gasteiger partial charge is 0.231 e. The van der Waals surface area contributed by atoms with E-state index < -0.39 is 0 Å². The van der Waals surface area contributed by atoms with Crippen molar-refractivity contribution in [1.82, 2.24) is 10.1 Å². The standard InChI is InChI=1S/C20H16N2O2/c1-23-17-11-9-15(10-12-17)20-21-19(24-22-20)13-16-7-4-6-14-5-2-3-8-18(14)16/h2-12H,13H2,1H3. The van der Waals surface area contributed by atoms with Gasteiger partial charge in [-0.2, -0.15) is 4.98 Å². The highest BCUT2D eigenvalue weighted by atomic mass is 16.5. The lowest BCUT2D eigenvalue weighted by molar-refractivity contribution is 0.386. The van der Waals surface area contributed by atoms with Crippen molar-refractivity contribution >= 4 is 10.8 Å². The Kier molecular flexibility index (Phi) is 3.71. The van der Waals surface area contributed by atoms with E-state index in [0.717, 1.165) is 11.3 Å². The Morgan fingerprint density at radius 1 is 0.917 bits per heavy atom. The largest absolute Gasteiger partial charge is 0.497 e. The SMILES string of the molecule is COc1ccc(-c2noc(Cc3cccc4ccccc34)n2)cc1. The van der Waals surface area contributed by atoms with Crippen LogP contribution in [0.1, 0.15) is 11.5 Å². The zero-order valence-corrected chi connectivity index (χ0v) is 13.3. The van der Waals surface area contributed by atoms with E-state index in [1.807, 2.05) is 36.4 Å². The van der Waals surface area contributed by atoms with Crippen LogP contribution in [0.4, 0.5) is 0 Å². The maximum absolute atomic E-state index is 5.44. The lowest BCUT2D eigenvalue weighted by atomic mass is 10.0. The van der Waals surface area contributed by atoms with Crippen molar-refractivity contribution in [3.8, 4) is 17.1 Å². The second-order valence-corrected chi connectivity index (χ2v) is 5.56. The lowest BCUT2D eigenvalue weighted by Crippen LogP contribution is -1.90. The van der Waals surface area contributed by atoms with Gasteiger partial charge in [0.25, 0.3) is 0 Å². The average molecular weight is 316 g/mol. The van der Waals surface area contributed by atoms with Gasteiger partial charge in [-0.15, -0.1) is 0 Å². The van der Waals surface area contributed by atoms with Crippen molar-refractivity contribution in [3.63, 3.8) is 0 Å². The molecular formula is C20H16N2O2. The normalized spacial score (nSPS) is 10.9. The number of hydrogen-bond donors (Lipinski definition) is 0. The highest BCUT2D eigenvalue weighted by Gasteiger charge is 2.11. The van der Waals surface area contributed by atoms with Gasteiger partial charge in [-0.3, -0.25) is 0 Å². The van der Waals surface area contributed by atoms with E-state index in [0.29, 0.717) is 18.1 Å². The molecule has 0 saturated heterocycles. The molecule has 0 saturated carbocycles. The van der Waals surface area contributed by atoms with Gasteiger partial charge in [-0.25, -0.2) is 0 Å². The summed E-state index contributed by atoms with van der Waals surface area (Å²) in [5, 5.41) is 6.52. The van der Waals surface area contributed by atoms with Crippen LogP contribution in [0.5, 0.6) is 5.75 Å². The van der Waals surface area contributed by atoms with Crippen LogP contribution in [0.3, 0.4) is 0 Å². The second kappa shape index (κ2) is 6.16. The van der Waals surface area contributed by atoms with Crippen molar-refractivity contribution < 1.29 is 9.26 Å². The minimum Gasteiger partial charge on any atom is -0.497 e. The van der Waals surface area contributed by atoms with Gasteiger partial charge in [-0.05, 0) is 40.6 Å². The number of fused-ring (bicyclic) bond motifs is 1. The quantitative estimate of drug-likeness (QED) is 0.556. The first kappa shape index (κ1) is 14.5. The predicted octanol–water partition coefficient (Wildman–Crippen LogP) is 4.49. The Hall–Kier alpha value is -3.14. The highest BCUT2D eigenvalue weighted by molar-refractivity contribution is 5.85. The number of hydrogen-bond acceptors (Lipinski definition) is 4. The van der Waals surface area contributed by atoms with Crippen molar-refractivity contribution in [2.75, 3.05) is 7.11 Å². The minimum atomic E-state index is 0.591. The predicted molar refractivity (Wildman–Crippen MR) is 93.0 cm³/mol. The van der Waals surface area contributed by atoms with Gasteiger partial charge < -0.3 is 9.26 Å². The average Bonchev–Trinajstić information content (AvgIpc) is 3.11. The van der Waals surface area contributed by atoms with Gasteiger partial charge in [0.1, 0.15) is 5.75 Å². The summed E-state index contributed by atoms with van der Waals surface area (Å²) < 4.78 is 10.6. The van der Waals surface area contributed by atoms with Crippen LogP contribution in [0.25, 0.3) is 22.2 Å². The summed E-state index contributed by atoms with van der Waals surface area (Å²) in [6.07, 6.45) is 0.616. The van der Waals surface area contributed by atoms with Crippen LogP contribution < -0.4 is 4.74 Å². The van der Waals surface area contributed by atoms with Gasteiger partial charge in [-0.1, -0.05) is 47.6 Å². The van der Waals surface area contributed by atoms with Crippen molar-refractivity contribution in [2.24, 2.45) is 0 Å². The molecule has 0 bridgehead atoms. The molecular weight excluding hydrogens is 300 g/mol. The third kappa shape index (κ3) is 2.74. The number of ether oxygens (including phenoxy) is 1. The molecule has 0 spiro atoms. The Labute approximate surface area is 139 Å². The monoisotopic (exact) mass is 316 g/mol. The van der Waals surface area contributed by atoms with Crippen molar-refractivity contribution in [1.29, 1.82) is 0 Å². The highest BCUT2D eigenvalue weighted by Crippen LogP contribution is 2.23. The number of methoxy groups -OCH3 is 1. The molecule has 0 aliphatic rings. The fourth-order valence-electron chi connectivity index (χ4n) is 2.79.